The maximum absolute atomic E-state index is 13.1. The molecule has 3 aromatic rings. The predicted octanol–water partition coefficient (Wildman–Crippen LogP) is 4.65. The van der Waals surface area contributed by atoms with E-state index in [0.29, 0.717) is 30.9 Å². The van der Waals surface area contributed by atoms with Gasteiger partial charge in [0.05, 0.1) is 0 Å². The highest BCUT2D eigenvalue weighted by atomic mass is 19.3. The first kappa shape index (κ1) is 20.1. The number of nitrogens with zero attached hydrogens (tertiary/aromatic N) is 3. The fourth-order valence-electron chi connectivity index (χ4n) is 3.97. The van der Waals surface area contributed by atoms with Crippen molar-refractivity contribution in [3.63, 3.8) is 0 Å². The molecule has 1 heterocycles. The summed E-state index contributed by atoms with van der Waals surface area (Å²) in [6.07, 6.45) is -1.52. The molecule has 0 saturated heterocycles. The Balaban J connectivity index is 1.53. The SMILES string of the molecule is Cc1nc(C(F)F)nn1CC[C@@]1(c2ccccc2)C[C@H]1C(=O)Nc1ccc(F)cc1. The number of hydrogen-bond acceptors (Lipinski definition) is 3. The summed E-state index contributed by atoms with van der Waals surface area (Å²) in [6, 6.07) is 15.3. The zero-order valence-electron chi connectivity index (χ0n) is 16.4. The van der Waals surface area contributed by atoms with Crippen molar-refractivity contribution in [1.29, 1.82) is 0 Å². The molecule has 1 saturated carbocycles. The Hall–Kier alpha value is -3.16. The molecule has 0 bridgehead atoms. The summed E-state index contributed by atoms with van der Waals surface area (Å²) in [7, 11) is 0. The van der Waals surface area contributed by atoms with E-state index in [1.807, 2.05) is 30.3 Å². The molecule has 0 radical (unpaired) electrons. The van der Waals surface area contributed by atoms with E-state index in [4.69, 9.17) is 0 Å². The third-order valence-corrected chi connectivity index (χ3v) is 5.69. The lowest BCUT2D eigenvalue weighted by Gasteiger charge is -2.18. The van der Waals surface area contributed by atoms with Gasteiger partial charge in [0.2, 0.25) is 11.7 Å². The van der Waals surface area contributed by atoms with E-state index in [-0.39, 0.29) is 17.6 Å². The summed E-state index contributed by atoms with van der Waals surface area (Å²) in [5, 5.41) is 6.74. The van der Waals surface area contributed by atoms with Crippen LogP contribution in [0.25, 0.3) is 0 Å². The minimum atomic E-state index is -2.72. The molecule has 1 aromatic heterocycles. The average Bonchev–Trinajstić information content (AvgIpc) is 3.37. The number of aryl methyl sites for hydroxylation is 2. The minimum Gasteiger partial charge on any atom is -0.326 e. The lowest BCUT2D eigenvalue weighted by molar-refractivity contribution is -0.117. The zero-order chi connectivity index (χ0) is 21.3. The molecule has 5 nitrogen and oxygen atoms in total. The van der Waals surface area contributed by atoms with E-state index >= 15 is 0 Å². The Morgan fingerprint density at radius 3 is 2.53 bits per heavy atom. The molecule has 2 atom stereocenters. The van der Waals surface area contributed by atoms with Gasteiger partial charge in [-0.1, -0.05) is 30.3 Å². The van der Waals surface area contributed by atoms with Gasteiger partial charge < -0.3 is 5.32 Å². The number of hydrogen-bond donors (Lipinski definition) is 1. The molecule has 0 spiro atoms. The van der Waals surface area contributed by atoms with Crippen LogP contribution < -0.4 is 5.32 Å². The van der Waals surface area contributed by atoms with Gasteiger partial charge in [0, 0.05) is 23.6 Å². The number of benzene rings is 2. The van der Waals surface area contributed by atoms with Crippen molar-refractivity contribution in [2.75, 3.05) is 5.32 Å². The first-order valence-corrected chi connectivity index (χ1v) is 9.70. The van der Waals surface area contributed by atoms with Gasteiger partial charge in [-0.2, -0.15) is 0 Å². The molecule has 30 heavy (non-hydrogen) atoms. The second-order valence-electron chi connectivity index (χ2n) is 7.57. The van der Waals surface area contributed by atoms with Gasteiger partial charge >= 0.3 is 0 Å². The number of carbonyl (C=O) groups is 1. The van der Waals surface area contributed by atoms with Crippen LogP contribution in [0.1, 0.15) is 36.5 Å². The van der Waals surface area contributed by atoms with Gasteiger partial charge in [-0.15, -0.1) is 5.10 Å². The summed E-state index contributed by atoms with van der Waals surface area (Å²) in [4.78, 5) is 16.7. The molecule has 0 unspecified atom stereocenters. The van der Waals surface area contributed by atoms with Crippen LogP contribution in [0.4, 0.5) is 18.9 Å². The fourth-order valence-corrected chi connectivity index (χ4v) is 3.97. The molecule has 8 heteroatoms. The summed E-state index contributed by atoms with van der Waals surface area (Å²) in [6.45, 7) is 2.01. The molecular weight excluding hydrogens is 393 g/mol. The number of amides is 1. The smallest absolute Gasteiger partial charge is 0.299 e. The molecule has 156 valence electrons. The monoisotopic (exact) mass is 414 g/mol. The third kappa shape index (κ3) is 3.94. The molecule has 1 aliphatic rings. The molecular formula is C22H21F3N4O. The zero-order valence-corrected chi connectivity index (χ0v) is 16.4. The van der Waals surface area contributed by atoms with Gasteiger partial charge in [0.1, 0.15) is 11.6 Å². The van der Waals surface area contributed by atoms with E-state index < -0.39 is 17.7 Å². The topological polar surface area (TPSA) is 59.8 Å². The Morgan fingerprint density at radius 1 is 1.20 bits per heavy atom. The van der Waals surface area contributed by atoms with Crippen LogP contribution >= 0.6 is 0 Å². The Labute approximate surface area is 171 Å². The van der Waals surface area contributed by atoms with E-state index in [2.05, 4.69) is 15.4 Å². The normalized spacial score (nSPS) is 20.4. The highest BCUT2D eigenvalue weighted by Crippen LogP contribution is 2.57. The molecule has 1 amide bonds. The van der Waals surface area contributed by atoms with Crippen molar-refractivity contribution in [2.24, 2.45) is 5.92 Å². The first-order chi connectivity index (χ1) is 14.4. The van der Waals surface area contributed by atoms with E-state index in [1.54, 1.807) is 6.92 Å². The van der Waals surface area contributed by atoms with Gasteiger partial charge in [-0.25, -0.2) is 22.8 Å². The molecule has 0 aliphatic heterocycles. The lowest BCUT2D eigenvalue weighted by atomic mass is 9.89. The Kier molecular flexibility index (Phi) is 5.32. The van der Waals surface area contributed by atoms with Gasteiger partial charge in [0.15, 0.2) is 0 Å². The van der Waals surface area contributed by atoms with Crippen LogP contribution in [0, 0.1) is 18.7 Å². The van der Waals surface area contributed by atoms with Crippen LogP contribution in [0.2, 0.25) is 0 Å². The van der Waals surface area contributed by atoms with Crippen molar-refractivity contribution in [3.05, 3.63) is 77.6 Å². The quantitative estimate of drug-likeness (QED) is 0.612. The van der Waals surface area contributed by atoms with Crippen LogP contribution in [-0.4, -0.2) is 20.7 Å². The summed E-state index contributed by atoms with van der Waals surface area (Å²) < 4.78 is 40.4. The Morgan fingerprint density at radius 2 is 1.90 bits per heavy atom. The third-order valence-electron chi connectivity index (χ3n) is 5.69. The van der Waals surface area contributed by atoms with Crippen LogP contribution in [-0.2, 0) is 16.8 Å². The van der Waals surface area contributed by atoms with E-state index in [9.17, 15) is 18.0 Å². The lowest BCUT2D eigenvalue weighted by Crippen LogP contribution is -2.23. The van der Waals surface area contributed by atoms with Crippen LogP contribution in [0.5, 0.6) is 0 Å². The second kappa shape index (κ2) is 7.93. The number of halogens is 3. The summed E-state index contributed by atoms with van der Waals surface area (Å²) in [5.74, 6) is -0.856. The van der Waals surface area contributed by atoms with E-state index in [1.165, 1.54) is 28.9 Å². The fraction of sp³-hybridized carbons (Fsp3) is 0.318. The standard InChI is InChI=1S/C22H21F3N4O/c1-14-26-20(19(24)25)28-29(14)12-11-22(15-5-3-2-4-6-15)13-18(22)21(30)27-17-9-7-16(23)8-10-17/h2-10,18-19H,11-13H2,1H3,(H,27,30)/t18-,22-/m0/s1. The molecule has 4 rings (SSSR count). The summed E-state index contributed by atoms with van der Waals surface area (Å²) in [5.41, 5.74) is 1.15. The number of aromatic nitrogens is 3. The van der Waals surface area contributed by atoms with Crippen molar-refractivity contribution in [3.8, 4) is 0 Å². The number of rotatable bonds is 7. The Bertz CT molecular complexity index is 1040. The molecule has 1 aliphatic carbocycles. The minimum absolute atomic E-state index is 0.144. The van der Waals surface area contributed by atoms with Crippen LogP contribution in [0.3, 0.4) is 0 Å². The van der Waals surface area contributed by atoms with Crippen molar-refractivity contribution in [2.45, 2.75) is 38.2 Å². The largest absolute Gasteiger partial charge is 0.326 e. The highest BCUT2D eigenvalue weighted by molar-refractivity contribution is 5.96. The van der Waals surface area contributed by atoms with E-state index in [0.717, 1.165) is 5.56 Å². The van der Waals surface area contributed by atoms with Crippen molar-refractivity contribution >= 4 is 11.6 Å². The average molecular weight is 414 g/mol. The molecule has 1 N–H and O–H groups in total. The maximum atomic E-state index is 13.1. The van der Waals surface area contributed by atoms with Gasteiger partial charge in [-0.05, 0) is 49.6 Å². The highest BCUT2D eigenvalue weighted by Gasteiger charge is 2.58. The number of nitrogens with one attached hydrogen (secondary N) is 1. The van der Waals surface area contributed by atoms with Crippen LogP contribution in [0.15, 0.2) is 54.6 Å². The second-order valence-corrected chi connectivity index (χ2v) is 7.57. The maximum Gasteiger partial charge on any atom is 0.299 e. The number of alkyl halides is 2. The van der Waals surface area contributed by atoms with Crippen molar-refractivity contribution in [1.82, 2.24) is 14.8 Å². The van der Waals surface area contributed by atoms with Crippen molar-refractivity contribution < 1.29 is 18.0 Å². The number of carbonyl (C=O) groups excluding carboxylic acids is 1. The number of anilines is 1. The predicted molar refractivity (Wildman–Crippen MR) is 106 cm³/mol. The van der Waals surface area contributed by atoms with Gasteiger partial charge in [0.25, 0.3) is 6.43 Å². The van der Waals surface area contributed by atoms with Gasteiger partial charge in [-0.3, -0.25) is 4.79 Å². The first-order valence-electron chi connectivity index (χ1n) is 9.70. The summed E-state index contributed by atoms with van der Waals surface area (Å²) >= 11 is 0. The molecule has 2 aromatic carbocycles. The molecule has 1 fully saturated rings.